The molecule has 1 aliphatic rings. The molecule has 0 bridgehead atoms. The number of rotatable bonds is 3. The van der Waals surface area contributed by atoms with E-state index in [9.17, 15) is 5.26 Å². The third kappa shape index (κ3) is 2.90. The van der Waals surface area contributed by atoms with Crippen molar-refractivity contribution in [3.8, 4) is 28.6 Å². The molecule has 0 radical (unpaired) electrons. The van der Waals surface area contributed by atoms with Gasteiger partial charge in [0.15, 0.2) is 0 Å². The van der Waals surface area contributed by atoms with Crippen LogP contribution in [-0.2, 0) is 12.8 Å². The molecule has 0 amide bonds. The number of nitrogens with zero attached hydrogens (tertiary/aromatic N) is 4. The Labute approximate surface area is 157 Å². The van der Waals surface area contributed by atoms with Gasteiger partial charge in [0, 0.05) is 29.1 Å². The number of methoxy groups -OCH3 is 1. The lowest BCUT2D eigenvalue weighted by atomic mass is 9.85. The summed E-state index contributed by atoms with van der Waals surface area (Å²) in [5.74, 6) is 0.970. The second-order valence-corrected chi connectivity index (χ2v) is 6.63. The Morgan fingerprint density at radius 2 is 2.15 bits per heavy atom. The fourth-order valence-corrected chi connectivity index (χ4v) is 3.64. The molecule has 136 valence electrons. The minimum absolute atomic E-state index is 0.0532. The predicted octanol–water partition coefficient (Wildman–Crippen LogP) is 2.21. The number of ether oxygens (including phenoxy) is 1. The maximum absolute atomic E-state index is 9.69. The molecule has 1 aromatic carbocycles. The molecule has 0 spiro atoms. The molecule has 7 nitrogen and oxygen atoms in total. The van der Waals surface area contributed by atoms with Crippen LogP contribution in [0.1, 0.15) is 23.2 Å². The van der Waals surface area contributed by atoms with Crippen LogP contribution in [0.15, 0.2) is 36.7 Å². The van der Waals surface area contributed by atoms with Crippen LogP contribution < -0.4 is 16.2 Å². The van der Waals surface area contributed by atoms with Crippen LogP contribution in [0, 0.1) is 11.3 Å². The quantitative estimate of drug-likeness (QED) is 0.740. The lowest BCUT2D eigenvalue weighted by molar-refractivity contribution is 0.411. The van der Waals surface area contributed by atoms with Crippen molar-refractivity contribution >= 4 is 5.82 Å². The van der Waals surface area contributed by atoms with Crippen LogP contribution in [0.25, 0.3) is 16.8 Å². The van der Waals surface area contributed by atoms with Gasteiger partial charge in [0.25, 0.3) is 0 Å². The summed E-state index contributed by atoms with van der Waals surface area (Å²) in [7, 11) is 1.62. The molecular formula is C20H20N6O. The van der Waals surface area contributed by atoms with Gasteiger partial charge in [0.2, 0.25) is 0 Å². The van der Waals surface area contributed by atoms with E-state index in [4.69, 9.17) is 16.2 Å². The van der Waals surface area contributed by atoms with Crippen molar-refractivity contribution in [2.75, 3.05) is 12.8 Å². The van der Waals surface area contributed by atoms with E-state index in [0.717, 1.165) is 40.9 Å². The van der Waals surface area contributed by atoms with Gasteiger partial charge in [-0.3, -0.25) is 0 Å². The third-order valence-electron chi connectivity index (χ3n) is 4.94. The lowest BCUT2D eigenvalue weighted by Crippen LogP contribution is -2.29. The van der Waals surface area contributed by atoms with Gasteiger partial charge in [0.1, 0.15) is 28.9 Å². The topological polar surface area (TPSA) is 116 Å². The van der Waals surface area contributed by atoms with E-state index in [1.54, 1.807) is 18.0 Å². The van der Waals surface area contributed by atoms with Gasteiger partial charge >= 0.3 is 0 Å². The number of nitriles is 1. The average Bonchev–Trinajstić information content (AvgIpc) is 3.16. The predicted molar refractivity (Wildman–Crippen MR) is 102 cm³/mol. The van der Waals surface area contributed by atoms with Crippen LogP contribution in [0.4, 0.5) is 5.82 Å². The molecule has 3 aromatic rings. The van der Waals surface area contributed by atoms with Gasteiger partial charge in [0.05, 0.1) is 13.3 Å². The van der Waals surface area contributed by atoms with Gasteiger partial charge in [-0.25, -0.2) is 9.67 Å². The number of nitrogen functional groups attached to an aromatic ring is 1. The van der Waals surface area contributed by atoms with Crippen molar-refractivity contribution < 1.29 is 4.74 Å². The number of hydrogen-bond donors (Lipinski definition) is 2. The first-order valence-corrected chi connectivity index (χ1v) is 8.77. The summed E-state index contributed by atoms with van der Waals surface area (Å²) in [6, 6.07) is 9.89. The number of hydrogen-bond acceptors (Lipinski definition) is 6. The van der Waals surface area contributed by atoms with Crippen molar-refractivity contribution in [3.63, 3.8) is 0 Å². The molecular weight excluding hydrogens is 340 g/mol. The fourth-order valence-electron chi connectivity index (χ4n) is 3.64. The van der Waals surface area contributed by atoms with Crippen molar-refractivity contribution in [1.29, 1.82) is 5.26 Å². The van der Waals surface area contributed by atoms with E-state index in [0.29, 0.717) is 17.7 Å². The van der Waals surface area contributed by atoms with E-state index in [2.05, 4.69) is 16.2 Å². The van der Waals surface area contributed by atoms with Crippen LogP contribution in [0.5, 0.6) is 5.75 Å². The molecule has 27 heavy (non-hydrogen) atoms. The summed E-state index contributed by atoms with van der Waals surface area (Å²) in [6.07, 6.45) is 5.92. The summed E-state index contributed by atoms with van der Waals surface area (Å²) >= 11 is 0. The molecule has 1 atom stereocenters. The number of aryl methyl sites for hydroxylation is 1. The number of aromatic nitrogens is 3. The highest BCUT2D eigenvalue weighted by atomic mass is 16.5. The normalized spacial score (nSPS) is 15.8. The van der Waals surface area contributed by atoms with Gasteiger partial charge in [-0.05, 0) is 37.0 Å². The van der Waals surface area contributed by atoms with E-state index >= 15 is 0 Å². The Balaban J connectivity index is 1.89. The molecule has 4 rings (SSSR count). The number of nitrogens with two attached hydrogens (primary N) is 2. The second-order valence-electron chi connectivity index (χ2n) is 6.63. The molecule has 0 saturated carbocycles. The monoisotopic (exact) mass is 360 g/mol. The molecule has 1 aliphatic carbocycles. The molecule has 4 N–H and O–H groups in total. The van der Waals surface area contributed by atoms with E-state index < -0.39 is 0 Å². The van der Waals surface area contributed by atoms with Crippen molar-refractivity contribution in [2.45, 2.75) is 25.3 Å². The molecule has 0 fully saturated rings. The summed E-state index contributed by atoms with van der Waals surface area (Å²) in [4.78, 5) is 4.45. The van der Waals surface area contributed by atoms with Crippen LogP contribution >= 0.6 is 0 Å². The minimum atomic E-state index is 0.0532. The zero-order valence-corrected chi connectivity index (χ0v) is 15.0. The van der Waals surface area contributed by atoms with E-state index in [-0.39, 0.29) is 11.9 Å². The highest BCUT2D eigenvalue weighted by Gasteiger charge is 2.25. The van der Waals surface area contributed by atoms with Gasteiger partial charge in [-0.2, -0.15) is 10.4 Å². The van der Waals surface area contributed by atoms with Crippen molar-refractivity contribution in [3.05, 3.63) is 53.5 Å². The van der Waals surface area contributed by atoms with Gasteiger partial charge in [-0.15, -0.1) is 0 Å². The Morgan fingerprint density at radius 3 is 2.93 bits per heavy atom. The highest BCUT2D eigenvalue weighted by molar-refractivity contribution is 5.79. The summed E-state index contributed by atoms with van der Waals surface area (Å²) < 4.78 is 7.16. The zero-order chi connectivity index (χ0) is 19.0. The number of pyridine rings is 1. The van der Waals surface area contributed by atoms with Crippen molar-refractivity contribution in [1.82, 2.24) is 14.8 Å². The minimum Gasteiger partial charge on any atom is -0.494 e. The summed E-state index contributed by atoms with van der Waals surface area (Å²) in [6.45, 7) is 0. The molecule has 0 saturated heterocycles. The molecule has 0 aliphatic heterocycles. The van der Waals surface area contributed by atoms with Gasteiger partial charge in [-0.1, -0.05) is 12.1 Å². The fraction of sp³-hybridized carbons (Fsp3) is 0.250. The zero-order valence-electron chi connectivity index (χ0n) is 15.0. The first-order valence-electron chi connectivity index (χ1n) is 8.77. The Morgan fingerprint density at radius 1 is 1.33 bits per heavy atom. The van der Waals surface area contributed by atoms with Gasteiger partial charge < -0.3 is 16.2 Å². The SMILES string of the molecule is COc1ccccc1-n1cc(-c2c(C#N)c(N)nc3c2CC(N)CC3)cn1. The third-order valence-corrected chi connectivity index (χ3v) is 4.94. The summed E-state index contributed by atoms with van der Waals surface area (Å²) in [5.41, 5.74) is 17.0. The number of fused-ring (bicyclic) bond motifs is 1. The maximum Gasteiger partial charge on any atom is 0.144 e. The maximum atomic E-state index is 9.69. The average molecular weight is 360 g/mol. The number of para-hydroxylation sites is 2. The molecule has 7 heteroatoms. The summed E-state index contributed by atoms with van der Waals surface area (Å²) in [5, 5.41) is 14.2. The Hall–Kier alpha value is -3.37. The van der Waals surface area contributed by atoms with Crippen molar-refractivity contribution in [2.24, 2.45) is 5.73 Å². The lowest BCUT2D eigenvalue weighted by Gasteiger charge is -2.24. The first kappa shape index (κ1) is 17.1. The van der Waals surface area contributed by atoms with E-state index in [1.807, 2.05) is 30.5 Å². The first-order chi connectivity index (χ1) is 13.1. The smallest absolute Gasteiger partial charge is 0.144 e. The highest BCUT2D eigenvalue weighted by Crippen LogP contribution is 2.36. The van der Waals surface area contributed by atoms with E-state index in [1.165, 1.54) is 0 Å². The van der Waals surface area contributed by atoms with Crippen LogP contribution in [0.2, 0.25) is 0 Å². The molecule has 2 aromatic heterocycles. The Bertz CT molecular complexity index is 1050. The van der Waals surface area contributed by atoms with Crippen LogP contribution in [-0.4, -0.2) is 27.9 Å². The van der Waals surface area contributed by atoms with Crippen LogP contribution in [0.3, 0.4) is 0 Å². The largest absolute Gasteiger partial charge is 0.494 e. The number of benzene rings is 1. The number of anilines is 1. The standard InChI is InChI=1S/C20H20N6O/c1-27-18-5-3-2-4-17(18)26-11-12(10-24-26)19-14-8-13(22)6-7-16(14)25-20(23)15(19)9-21/h2-5,10-11,13H,6-8,22H2,1H3,(H2,23,25). The molecule has 1 unspecified atom stereocenters. The Kier molecular flexibility index (Phi) is 4.26. The molecule has 2 heterocycles. The second kappa shape index (κ2) is 6.74.